The summed E-state index contributed by atoms with van der Waals surface area (Å²) in [7, 11) is -4.29. The molecule has 1 amide bonds. The molecule has 24 heavy (non-hydrogen) atoms. The number of hydrogen-bond donors (Lipinski definition) is 2. The minimum atomic E-state index is -4.29. The maximum Gasteiger partial charge on any atom is 0.333 e. The molecule has 0 saturated carbocycles. The summed E-state index contributed by atoms with van der Waals surface area (Å²) in [6, 6.07) is 0. The molecule has 0 aromatic carbocycles. The van der Waals surface area contributed by atoms with E-state index in [2.05, 4.69) is 18.5 Å². The number of rotatable bonds is 10. The van der Waals surface area contributed by atoms with E-state index < -0.39 is 26.9 Å². The highest BCUT2D eigenvalue weighted by atomic mass is 32.2. The molecule has 0 aliphatic heterocycles. The molecule has 0 aromatic rings. The third-order valence-electron chi connectivity index (χ3n) is 3.37. The summed E-state index contributed by atoms with van der Waals surface area (Å²) < 4.78 is 37.2. The van der Waals surface area contributed by atoms with Gasteiger partial charge in [0.2, 0.25) is 5.91 Å². The second-order valence-corrected chi connectivity index (χ2v) is 8.20. The first-order chi connectivity index (χ1) is 10.8. The second-order valence-electron chi connectivity index (χ2n) is 6.50. The van der Waals surface area contributed by atoms with Crippen LogP contribution < -0.4 is 5.32 Å². The molecule has 0 aliphatic rings. The summed E-state index contributed by atoms with van der Waals surface area (Å²) in [5, 5.41) is 1.65. The van der Waals surface area contributed by atoms with E-state index in [1.54, 1.807) is 20.8 Å². The number of ether oxygens (including phenoxy) is 1. The average molecular weight is 361 g/mol. The van der Waals surface area contributed by atoms with Crippen molar-refractivity contribution in [3.05, 3.63) is 24.3 Å². The predicted molar refractivity (Wildman–Crippen MR) is 92.0 cm³/mol. The van der Waals surface area contributed by atoms with Crippen LogP contribution in [0.2, 0.25) is 0 Å². The Morgan fingerprint density at radius 2 is 1.71 bits per heavy atom. The first-order valence-corrected chi connectivity index (χ1v) is 9.03. The van der Waals surface area contributed by atoms with Crippen molar-refractivity contribution in [3.63, 3.8) is 0 Å². The number of amides is 1. The molecule has 2 N–H and O–H groups in total. The Balaban J connectivity index is 4.70. The fraction of sp³-hybridized carbons (Fsp3) is 0.625. The van der Waals surface area contributed by atoms with Crippen LogP contribution in [0.4, 0.5) is 0 Å². The lowest BCUT2D eigenvalue weighted by Gasteiger charge is -2.28. The normalized spacial score (nSPS) is 13.0. The van der Waals surface area contributed by atoms with Crippen LogP contribution in [0.3, 0.4) is 0 Å². The molecule has 0 aromatic heterocycles. The van der Waals surface area contributed by atoms with E-state index in [1.165, 1.54) is 6.92 Å². The van der Waals surface area contributed by atoms with Crippen molar-refractivity contribution in [2.24, 2.45) is 0 Å². The number of carbonyl (C=O) groups is 2. The van der Waals surface area contributed by atoms with E-state index in [1.807, 2.05) is 0 Å². The molecular formula is C16H27NO6S. The van der Waals surface area contributed by atoms with Gasteiger partial charge in [-0.15, -0.1) is 0 Å². The molecule has 1 atom stereocenters. The average Bonchev–Trinajstić information content (AvgIpc) is 2.39. The van der Waals surface area contributed by atoms with Gasteiger partial charge in [0.25, 0.3) is 10.1 Å². The van der Waals surface area contributed by atoms with Crippen LogP contribution in [0.25, 0.3) is 0 Å². The predicted octanol–water partition coefficient (Wildman–Crippen LogP) is 2.00. The van der Waals surface area contributed by atoms with Gasteiger partial charge in [-0.05, 0) is 40.5 Å². The van der Waals surface area contributed by atoms with Gasteiger partial charge in [0, 0.05) is 23.1 Å². The molecular weight excluding hydrogens is 334 g/mol. The number of hydrogen-bond acceptors (Lipinski definition) is 5. The highest BCUT2D eigenvalue weighted by Gasteiger charge is 2.28. The Kier molecular flexibility index (Phi) is 8.36. The lowest BCUT2D eigenvalue weighted by Crippen LogP contribution is -2.44. The van der Waals surface area contributed by atoms with Gasteiger partial charge in [-0.2, -0.15) is 8.42 Å². The lowest BCUT2D eigenvalue weighted by molar-refractivity contribution is -0.139. The molecule has 138 valence electrons. The van der Waals surface area contributed by atoms with Gasteiger partial charge in [0.15, 0.2) is 0 Å². The smallest absolute Gasteiger partial charge is 0.333 e. The van der Waals surface area contributed by atoms with Crippen LogP contribution in [0.1, 0.15) is 47.0 Å². The van der Waals surface area contributed by atoms with E-state index in [4.69, 9.17) is 4.74 Å². The first kappa shape index (κ1) is 22.3. The van der Waals surface area contributed by atoms with Gasteiger partial charge in [-0.3, -0.25) is 9.35 Å². The number of carbonyl (C=O) groups excluding carboxylic acids is 2. The fourth-order valence-corrected chi connectivity index (χ4v) is 2.66. The van der Waals surface area contributed by atoms with Crippen molar-refractivity contribution in [1.82, 2.24) is 5.32 Å². The summed E-state index contributed by atoms with van der Waals surface area (Å²) in [6.07, 6.45) is 0.375. The highest BCUT2D eigenvalue weighted by molar-refractivity contribution is 7.86. The molecule has 0 heterocycles. The second kappa shape index (κ2) is 8.98. The van der Waals surface area contributed by atoms with Crippen LogP contribution in [0.15, 0.2) is 24.3 Å². The van der Waals surface area contributed by atoms with Crippen LogP contribution in [0, 0.1) is 0 Å². The highest BCUT2D eigenvalue weighted by Crippen LogP contribution is 2.19. The summed E-state index contributed by atoms with van der Waals surface area (Å²) in [5.41, 5.74) is -0.115. The minimum Gasteiger partial charge on any atom is -0.462 e. The largest absolute Gasteiger partial charge is 0.462 e. The third kappa shape index (κ3) is 8.83. The SMILES string of the molecule is C=C(C)C(=O)NC(C)(C)CCC(CCOC(=O)C(=C)C)S(=O)(=O)O. The minimum absolute atomic E-state index is 0.0393. The van der Waals surface area contributed by atoms with Crippen molar-refractivity contribution in [1.29, 1.82) is 0 Å². The van der Waals surface area contributed by atoms with E-state index in [0.717, 1.165) is 0 Å². The van der Waals surface area contributed by atoms with Crippen molar-refractivity contribution < 1.29 is 27.3 Å². The van der Waals surface area contributed by atoms with Crippen LogP contribution in [-0.2, 0) is 24.4 Å². The zero-order valence-electron chi connectivity index (χ0n) is 14.7. The quantitative estimate of drug-likeness (QED) is 0.350. The molecule has 0 spiro atoms. The van der Waals surface area contributed by atoms with Gasteiger partial charge in [0.1, 0.15) is 0 Å². The molecule has 8 heteroatoms. The Morgan fingerprint density at radius 1 is 1.17 bits per heavy atom. The van der Waals surface area contributed by atoms with Crippen molar-refractivity contribution >= 4 is 22.0 Å². The zero-order chi connectivity index (χ0) is 19.1. The molecule has 1 unspecified atom stereocenters. The van der Waals surface area contributed by atoms with E-state index in [0.29, 0.717) is 12.0 Å². The van der Waals surface area contributed by atoms with Crippen LogP contribution >= 0.6 is 0 Å². The molecule has 0 saturated heterocycles. The number of nitrogens with one attached hydrogen (secondary N) is 1. The summed E-state index contributed by atoms with van der Waals surface area (Å²) in [4.78, 5) is 23.0. The molecule has 7 nitrogen and oxygen atoms in total. The van der Waals surface area contributed by atoms with Crippen molar-refractivity contribution in [2.45, 2.75) is 57.7 Å². The maximum atomic E-state index is 11.7. The summed E-state index contributed by atoms with van der Waals surface area (Å²) in [6.45, 7) is 13.4. The maximum absolute atomic E-state index is 11.7. The first-order valence-electron chi connectivity index (χ1n) is 7.53. The number of esters is 1. The standard InChI is InChI=1S/C16H27NO6S/c1-11(2)14(18)17-16(5,6)9-7-13(24(20,21)22)8-10-23-15(19)12(3)4/h13H,1,3,7-10H2,2,4-6H3,(H,17,18)(H,20,21,22). The zero-order valence-corrected chi connectivity index (χ0v) is 15.5. The van der Waals surface area contributed by atoms with Gasteiger partial charge in [-0.25, -0.2) is 4.79 Å². The monoisotopic (exact) mass is 361 g/mol. The topological polar surface area (TPSA) is 110 Å². The Bertz CT molecular complexity index is 606. The van der Waals surface area contributed by atoms with E-state index >= 15 is 0 Å². The van der Waals surface area contributed by atoms with Crippen LogP contribution in [0.5, 0.6) is 0 Å². The third-order valence-corrected chi connectivity index (χ3v) is 4.69. The summed E-state index contributed by atoms with van der Waals surface area (Å²) in [5.74, 6) is -0.933. The Labute approximate surface area is 143 Å². The summed E-state index contributed by atoms with van der Waals surface area (Å²) >= 11 is 0. The van der Waals surface area contributed by atoms with Gasteiger partial charge in [-0.1, -0.05) is 13.2 Å². The van der Waals surface area contributed by atoms with E-state index in [-0.39, 0.29) is 30.9 Å². The molecule has 0 bridgehead atoms. The molecule has 0 aliphatic carbocycles. The fourth-order valence-electron chi connectivity index (χ4n) is 1.85. The molecule has 0 fully saturated rings. The molecule has 0 radical (unpaired) electrons. The van der Waals surface area contributed by atoms with Crippen LogP contribution in [-0.4, -0.2) is 42.2 Å². The van der Waals surface area contributed by atoms with Gasteiger partial charge in [0.05, 0.1) is 11.9 Å². The van der Waals surface area contributed by atoms with E-state index in [9.17, 15) is 22.6 Å². The lowest BCUT2D eigenvalue weighted by atomic mass is 9.96. The van der Waals surface area contributed by atoms with Gasteiger partial charge >= 0.3 is 5.97 Å². The molecule has 0 rings (SSSR count). The van der Waals surface area contributed by atoms with Crippen molar-refractivity contribution in [2.75, 3.05) is 6.61 Å². The Morgan fingerprint density at radius 3 is 2.12 bits per heavy atom. The Hall–Kier alpha value is -1.67. The van der Waals surface area contributed by atoms with Crippen molar-refractivity contribution in [3.8, 4) is 0 Å². The van der Waals surface area contributed by atoms with Gasteiger partial charge < -0.3 is 10.1 Å².